The summed E-state index contributed by atoms with van der Waals surface area (Å²) < 4.78 is 97.7. The topological polar surface area (TPSA) is 81.2 Å². The fourth-order valence-electron chi connectivity index (χ4n) is 6.72. The van der Waals surface area contributed by atoms with E-state index in [-0.39, 0.29) is 30.4 Å². The predicted octanol–water partition coefficient (Wildman–Crippen LogP) is 8.14. The smallest absolute Gasteiger partial charge is 0.416 e. The number of pyridine rings is 1. The minimum absolute atomic E-state index is 0.0462. The summed E-state index contributed by atoms with van der Waals surface area (Å²) in [5, 5.41) is 0. The molecule has 0 spiro atoms. The Hall–Kier alpha value is -4.49. The molecular formula is C35H35F6N3O5. The van der Waals surface area contributed by atoms with Gasteiger partial charge in [-0.15, -0.1) is 0 Å². The number of hydrogen-bond acceptors (Lipinski definition) is 7. The van der Waals surface area contributed by atoms with Crippen molar-refractivity contribution in [3.63, 3.8) is 0 Å². The maximum absolute atomic E-state index is 13.6. The van der Waals surface area contributed by atoms with Crippen molar-refractivity contribution in [2.45, 2.75) is 69.6 Å². The molecule has 1 amide bonds. The van der Waals surface area contributed by atoms with Gasteiger partial charge < -0.3 is 19.1 Å². The summed E-state index contributed by atoms with van der Waals surface area (Å²) >= 11 is 0. The number of aromatic nitrogens is 1. The van der Waals surface area contributed by atoms with Gasteiger partial charge in [-0.25, -0.2) is 9.78 Å². The van der Waals surface area contributed by atoms with Crippen LogP contribution in [0.15, 0.2) is 48.5 Å². The molecule has 0 radical (unpaired) electrons. The molecule has 1 aliphatic carbocycles. The Morgan fingerprint density at radius 2 is 1.59 bits per heavy atom. The Bertz CT molecular complexity index is 1700. The molecule has 6 rings (SSSR count). The van der Waals surface area contributed by atoms with Gasteiger partial charge in [-0.05, 0) is 91.6 Å². The zero-order valence-electron chi connectivity index (χ0n) is 27.0. The lowest BCUT2D eigenvalue weighted by Crippen LogP contribution is -2.38. The van der Waals surface area contributed by atoms with Gasteiger partial charge in [-0.2, -0.15) is 26.3 Å². The first kappa shape index (κ1) is 34.4. The normalized spacial score (nSPS) is 22.3. The molecule has 3 fully saturated rings. The number of carbonyl (C=O) groups excluding carboxylic acids is 2. The summed E-state index contributed by atoms with van der Waals surface area (Å²) in [5.41, 5.74) is -0.530. The number of hydrogen-bond donors (Lipinski definition) is 0. The lowest BCUT2D eigenvalue weighted by atomic mass is 9.70. The van der Waals surface area contributed by atoms with Crippen molar-refractivity contribution in [3.05, 3.63) is 76.5 Å². The monoisotopic (exact) mass is 691 g/mol. The van der Waals surface area contributed by atoms with E-state index in [9.17, 15) is 35.9 Å². The van der Waals surface area contributed by atoms with Crippen molar-refractivity contribution in [1.29, 1.82) is 0 Å². The van der Waals surface area contributed by atoms with Crippen LogP contribution in [0.5, 0.6) is 5.75 Å². The first-order chi connectivity index (χ1) is 23.2. The van der Waals surface area contributed by atoms with E-state index >= 15 is 0 Å². The zero-order chi connectivity index (χ0) is 35.2. The number of methoxy groups -OCH3 is 2. The van der Waals surface area contributed by atoms with Crippen molar-refractivity contribution in [1.82, 2.24) is 9.88 Å². The van der Waals surface area contributed by atoms with Crippen LogP contribution in [-0.2, 0) is 33.2 Å². The van der Waals surface area contributed by atoms with E-state index in [4.69, 9.17) is 19.2 Å². The zero-order valence-corrected chi connectivity index (χ0v) is 27.0. The summed E-state index contributed by atoms with van der Waals surface area (Å²) in [7, 11) is 2.90. The summed E-state index contributed by atoms with van der Waals surface area (Å²) in [6, 6.07) is 9.86. The second-order valence-corrected chi connectivity index (χ2v) is 12.8. The third-order valence-corrected chi connectivity index (χ3v) is 9.69. The first-order valence-corrected chi connectivity index (χ1v) is 15.9. The van der Waals surface area contributed by atoms with E-state index in [2.05, 4.69) is 4.90 Å². The maximum atomic E-state index is 13.6. The number of carbonyl (C=O) groups is 2. The molecule has 0 unspecified atom stereocenters. The van der Waals surface area contributed by atoms with Gasteiger partial charge >= 0.3 is 24.4 Å². The van der Waals surface area contributed by atoms with Gasteiger partial charge in [0.2, 0.25) is 0 Å². The van der Waals surface area contributed by atoms with Gasteiger partial charge in [0.05, 0.1) is 43.6 Å². The molecule has 1 aromatic heterocycles. The number of ether oxygens (including phenoxy) is 3. The molecular weight excluding hydrogens is 656 g/mol. The van der Waals surface area contributed by atoms with Crippen LogP contribution in [0.3, 0.4) is 0 Å². The van der Waals surface area contributed by atoms with Crippen LogP contribution in [0.2, 0.25) is 0 Å². The van der Waals surface area contributed by atoms with Gasteiger partial charge in [-0.1, -0.05) is 6.07 Å². The molecule has 2 saturated heterocycles. The molecule has 262 valence electrons. The van der Waals surface area contributed by atoms with Gasteiger partial charge in [-0.3, -0.25) is 9.69 Å². The van der Waals surface area contributed by atoms with E-state index in [0.29, 0.717) is 46.9 Å². The van der Waals surface area contributed by atoms with Crippen LogP contribution in [-0.4, -0.2) is 55.3 Å². The maximum Gasteiger partial charge on any atom is 0.416 e. The van der Waals surface area contributed by atoms with Crippen molar-refractivity contribution in [2.75, 3.05) is 32.2 Å². The SMILES string of the molecule is COC(=O)CC1CC(c2ccc(OC)c(-c3ccc(N4CCC4)nc3CN3C(=O)O[C@H](c4cc(C(F)(F)F)cc(C(F)(F)F)c4)[C@@H]3C)c2)C1. The molecule has 8 nitrogen and oxygen atoms in total. The van der Waals surface area contributed by atoms with Crippen molar-refractivity contribution in [2.24, 2.45) is 5.92 Å². The van der Waals surface area contributed by atoms with Gasteiger partial charge in [0.25, 0.3) is 0 Å². The third-order valence-electron chi connectivity index (χ3n) is 9.69. The van der Waals surface area contributed by atoms with Crippen molar-refractivity contribution >= 4 is 17.9 Å². The molecule has 2 aliphatic heterocycles. The van der Waals surface area contributed by atoms with Gasteiger partial charge in [0.15, 0.2) is 0 Å². The Balaban J connectivity index is 1.33. The third kappa shape index (κ3) is 7.00. The molecule has 0 bridgehead atoms. The Labute approximate surface area is 278 Å². The highest BCUT2D eigenvalue weighted by Crippen LogP contribution is 2.46. The second-order valence-electron chi connectivity index (χ2n) is 12.8. The van der Waals surface area contributed by atoms with Crippen LogP contribution >= 0.6 is 0 Å². The lowest BCUT2D eigenvalue weighted by Gasteiger charge is -2.35. The highest BCUT2D eigenvalue weighted by atomic mass is 19.4. The van der Waals surface area contributed by atoms with E-state index in [1.54, 1.807) is 0 Å². The van der Waals surface area contributed by atoms with E-state index in [1.807, 2.05) is 30.3 Å². The quantitative estimate of drug-likeness (QED) is 0.166. The molecule has 14 heteroatoms. The molecule has 3 aromatic rings. The summed E-state index contributed by atoms with van der Waals surface area (Å²) in [5.74, 6) is 1.40. The number of alkyl halides is 6. The number of nitrogens with zero attached hydrogens (tertiary/aromatic N) is 3. The van der Waals surface area contributed by atoms with E-state index in [1.165, 1.54) is 26.0 Å². The number of cyclic esters (lactones) is 1. The Morgan fingerprint density at radius 3 is 2.16 bits per heavy atom. The molecule has 2 atom stereocenters. The molecule has 1 saturated carbocycles. The fourth-order valence-corrected chi connectivity index (χ4v) is 6.72. The number of amides is 1. The molecule has 2 aromatic carbocycles. The Morgan fingerprint density at radius 1 is 0.918 bits per heavy atom. The van der Waals surface area contributed by atoms with Crippen molar-refractivity contribution in [3.8, 4) is 16.9 Å². The second kappa shape index (κ2) is 13.1. The van der Waals surface area contributed by atoms with Gasteiger partial charge in [0, 0.05) is 30.6 Å². The number of benzene rings is 2. The minimum Gasteiger partial charge on any atom is -0.496 e. The molecule has 49 heavy (non-hydrogen) atoms. The van der Waals surface area contributed by atoms with E-state index in [0.717, 1.165) is 37.9 Å². The predicted molar refractivity (Wildman–Crippen MR) is 166 cm³/mol. The number of halogens is 6. The standard InChI is InChI=1S/C35H35F6N3O5/c1-19-32(23-14-24(34(36,37)38)17-25(15-23)35(39,40)41)49-33(46)44(19)18-28-26(6-8-30(42-28)43-9-4-10-43)27-16-21(5-7-29(27)47-2)22-11-20(12-22)13-31(45)48-3/h5-8,14-17,19-20,22,32H,4,9-13,18H2,1-3H3/t19-,20?,22?,32-/m0/s1. The van der Waals surface area contributed by atoms with Crippen LogP contribution in [0, 0.1) is 5.92 Å². The van der Waals surface area contributed by atoms with Crippen LogP contribution in [0.25, 0.3) is 11.1 Å². The average molecular weight is 692 g/mol. The fraction of sp³-hybridized carbons (Fsp3) is 0.457. The summed E-state index contributed by atoms with van der Waals surface area (Å²) in [6.07, 6.45) is -9.43. The number of rotatable bonds is 9. The lowest BCUT2D eigenvalue weighted by molar-refractivity contribution is -0.144. The molecule has 3 heterocycles. The largest absolute Gasteiger partial charge is 0.496 e. The minimum atomic E-state index is -5.05. The Kier molecular flexibility index (Phi) is 9.18. The van der Waals surface area contributed by atoms with Crippen LogP contribution in [0.1, 0.15) is 72.6 Å². The summed E-state index contributed by atoms with van der Waals surface area (Å²) in [4.78, 5) is 33.3. The van der Waals surface area contributed by atoms with E-state index < -0.39 is 47.3 Å². The van der Waals surface area contributed by atoms with Crippen molar-refractivity contribution < 1.29 is 50.1 Å². The van der Waals surface area contributed by atoms with Crippen LogP contribution < -0.4 is 9.64 Å². The first-order valence-electron chi connectivity index (χ1n) is 15.9. The highest BCUT2D eigenvalue weighted by molar-refractivity contribution is 5.76. The average Bonchev–Trinajstić information content (AvgIpc) is 3.29. The summed E-state index contributed by atoms with van der Waals surface area (Å²) in [6.45, 7) is 2.97. The molecule has 3 aliphatic rings. The number of anilines is 1. The molecule has 0 N–H and O–H groups in total. The van der Waals surface area contributed by atoms with Gasteiger partial charge in [0.1, 0.15) is 17.7 Å². The number of esters is 1. The highest BCUT2D eigenvalue weighted by Gasteiger charge is 2.44. The van der Waals surface area contributed by atoms with Crippen LogP contribution in [0.4, 0.5) is 37.0 Å².